The Morgan fingerprint density at radius 1 is 1.60 bits per heavy atom. The molecule has 2 aromatic heterocycles. The highest BCUT2D eigenvalue weighted by molar-refractivity contribution is 7.10. The monoisotopic (exact) mass is 290 g/mol. The minimum Gasteiger partial charge on any atom is -0.463 e. The predicted octanol–water partition coefficient (Wildman–Crippen LogP) is 1.33. The van der Waals surface area contributed by atoms with E-state index in [2.05, 4.69) is 30.2 Å². The van der Waals surface area contributed by atoms with Crippen LogP contribution in [-0.2, 0) is 4.74 Å². The summed E-state index contributed by atoms with van der Waals surface area (Å²) in [6.45, 7) is 1.85. The molecule has 8 nitrogen and oxygen atoms in total. The van der Waals surface area contributed by atoms with Crippen LogP contribution in [0.5, 0.6) is 0 Å². The van der Waals surface area contributed by atoms with Crippen molar-refractivity contribution < 1.29 is 9.53 Å². The summed E-state index contributed by atoms with van der Waals surface area (Å²) in [6.07, 6.45) is 1.43. The van der Waals surface area contributed by atoms with E-state index in [1.165, 1.54) is 24.6 Å². The third-order valence-electron chi connectivity index (χ3n) is 2.18. The average Bonchev–Trinajstić information content (AvgIpc) is 3.08. The minimum atomic E-state index is -0.620. The van der Waals surface area contributed by atoms with Crippen LogP contribution < -0.4 is 5.32 Å². The van der Waals surface area contributed by atoms with Crippen molar-refractivity contribution in [2.75, 3.05) is 12.4 Å². The topological polar surface area (TPSA) is 117 Å². The first-order valence-corrected chi connectivity index (χ1v) is 6.32. The fourth-order valence-electron chi connectivity index (χ4n) is 1.27. The van der Waals surface area contributed by atoms with Crippen LogP contribution in [0.25, 0.3) is 5.57 Å². The Labute approximate surface area is 118 Å². The van der Waals surface area contributed by atoms with Gasteiger partial charge in [0.2, 0.25) is 11.8 Å². The molecule has 2 heterocycles. The molecule has 20 heavy (non-hydrogen) atoms. The molecule has 0 spiro atoms. The molecule has 0 atom stereocenters. The Kier molecular flexibility index (Phi) is 4.07. The van der Waals surface area contributed by atoms with Crippen LogP contribution in [0.1, 0.15) is 21.3 Å². The van der Waals surface area contributed by atoms with E-state index < -0.39 is 5.97 Å². The maximum Gasteiger partial charge on any atom is 0.375 e. The lowest BCUT2D eigenvalue weighted by atomic mass is 10.3. The van der Waals surface area contributed by atoms with Gasteiger partial charge < -0.3 is 10.1 Å². The van der Waals surface area contributed by atoms with Crippen LogP contribution in [0.15, 0.2) is 11.6 Å². The number of nitrogens with zero attached hydrogens (tertiary/aromatic N) is 4. The predicted molar refractivity (Wildman–Crippen MR) is 71.8 cm³/mol. The molecule has 0 unspecified atom stereocenters. The van der Waals surface area contributed by atoms with Gasteiger partial charge >= 0.3 is 5.97 Å². The van der Waals surface area contributed by atoms with E-state index in [9.17, 15) is 4.79 Å². The number of ether oxygens (including phenoxy) is 1. The number of carbonyl (C=O) groups is 1. The standard InChI is InChI=1S/C11H10N6O2S/c1-6-5-20-9(14-6)7(3-12)4-13-11-15-8(16-17-11)10(18)19-2/h4-5H,1-2H3,(H2,13,15,16,17)/b7-4+. The van der Waals surface area contributed by atoms with Gasteiger partial charge in [0, 0.05) is 17.3 Å². The Morgan fingerprint density at radius 2 is 2.40 bits per heavy atom. The van der Waals surface area contributed by atoms with Crippen LogP contribution in [0, 0.1) is 18.3 Å². The highest BCUT2D eigenvalue weighted by atomic mass is 32.1. The summed E-state index contributed by atoms with van der Waals surface area (Å²) in [5, 5.41) is 20.4. The number of methoxy groups -OCH3 is 1. The molecule has 0 radical (unpaired) electrons. The second-order valence-electron chi connectivity index (χ2n) is 3.61. The SMILES string of the molecule is COC(=O)c1nc(N/C=C(\C#N)c2nc(C)cs2)n[nH]1. The highest BCUT2D eigenvalue weighted by Crippen LogP contribution is 2.18. The molecule has 0 saturated carbocycles. The maximum atomic E-state index is 11.2. The lowest BCUT2D eigenvalue weighted by Crippen LogP contribution is -2.03. The molecule has 0 amide bonds. The summed E-state index contributed by atoms with van der Waals surface area (Å²) in [5.41, 5.74) is 1.20. The number of esters is 1. The highest BCUT2D eigenvalue weighted by Gasteiger charge is 2.11. The van der Waals surface area contributed by atoms with Gasteiger partial charge in [-0.15, -0.1) is 16.4 Å². The number of H-pyrrole nitrogens is 1. The number of allylic oxidation sites excluding steroid dienone is 1. The van der Waals surface area contributed by atoms with Crippen LogP contribution in [0.4, 0.5) is 5.95 Å². The number of nitrogens with one attached hydrogen (secondary N) is 2. The molecule has 0 aliphatic heterocycles. The van der Waals surface area contributed by atoms with Crippen molar-refractivity contribution in [2.45, 2.75) is 6.92 Å². The molecule has 0 fully saturated rings. The largest absolute Gasteiger partial charge is 0.463 e. The van der Waals surface area contributed by atoms with Crippen LogP contribution in [0.2, 0.25) is 0 Å². The smallest absolute Gasteiger partial charge is 0.375 e. The third kappa shape index (κ3) is 2.99. The van der Waals surface area contributed by atoms with Gasteiger partial charge in [0.05, 0.1) is 7.11 Å². The van der Waals surface area contributed by atoms with Gasteiger partial charge in [0.25, 0.3) is 0 Å². The van der Waals surface area contributed by atoms with Gasteiger partial charge in [-0.25, -0.2) is 9.78 Å². The Balaban J connectivity index is 2.13. The zero-order valence-corrected chi connectivity index (χ0v) is 11.5. The fraction of sp³-hybridized carbons (Fsp3) is 0.182. The lowest BCUT2D eigenvalue weighted by molar-refractivity contribution is 0.0587. The van der Waals surface area contributed by atoms with E-state index >= 15 is 0 Å². The number of carbonyl (C=O) groups excluding carboxylic acids is 1. The average molecular weight is 290 g/mol. The van der Waals surface area contributed by atoms with Crippen LogP contribution >= 0.6 is 11.3 Å². The number of anilines is 1. The van der Waals surface area contributed by atoms with Crippen molar-refractivity contribution in [3.8, 4) is 6.07 Å². The normalized spacial score (nSPS) is 10.9. The Bertz CT molecular complexity index is 696. The van der Waals surface area contributed by atoms with Crippen molar-refractivity contribution in [3.63, 3.8) is 0 Å². The Hall–Kier alpha value is -2.73. The van der Waals surface area contributed by atoms with Gasteiger partial charge in [0.15, 0.2) is 0 Å². The third-order valence-corrected chi connectivity index (χ3v) is 3.17. The summed E-state index contributed by atoms with van der Waals surface area (Å²) in [6, 6.07) is 2.03. The first-order chi connectivity index (χ1) is 9.63. The summed E-state index contributed by atoms with van der Waals surface area (Å²) in [7, 11) is 1.25. The molecule has 9 heteroatoms. The number of aromatic amines is 1. The lowest BCUT2D eigenvalue weighted by Gasteiger charge is -1.94. The second kappa shape index (κ2) is 5.94. The number of hydrogen-bond acceptors (Lipinski definition) is 8. The molecule has 0 aliphatic rings. The van der Waals surface area contributed by atoms with E-state index in [1.807, 2.05) is 18.4 Å². The molecule has 0 saturated heterocycles. The van der Waals surface area contributed by atoms with E-state index in [-0.39, 0.29) is 11.8 Å². The summed E-state index contributed by atoms with van der Waals surface area (Å²) in [5.74, 6) is -0.482. The maximum absolute atomic E-state index is 11.2. The van der Waals surface area contributed by atoms with Crippen LogP contribution in [-0.4, -0.2) is 33.2 Å². The zero-order chi connectivity index (χ0) is 14.5. The summed E-state index contributed by atoms with van der Waals surface area (Å²) < 4.78 is 4.49. The van der Waals surface area contributed by atoms with E-state index in [1.54, 1.807) is 0 Å². The van der Waals surface area contributed by atoms with Gasteiger partial charge in [-0.1, -0.05) is 0 Å². The molecule has 2 rings (SSSR count). The van der Waals surface area contributed by atoms with Gasteiger partial charge in [0.1, 0.15) is 16.6 Å². The van der Waals surface area contributed by atoms with Crippen molar-refractivity contribution in [2.24, 2.45) is 0 Å². The van der Waals surface area contributed by atoms with Crippen LogP contribution in [0.3, 0.4) is 0 Å². The quantitative estimate of drug-likeness (QED) is 0.644. The molecule has 102 valence electrons. The number of nitriles is 1. The molecule has 0 aliphatic carbocycles. The first kappa shape index (κ1) is 13.7. The van der Waals surface area contributed by atoms with Crippen molar-refractivity contribution >= 4 is 28.8 Å². The number of thiazole rings is 1. The molecule has 0 bridgehead atoms. The van der Waals surface area contributed by atoms with E-state index in [0.717, 1.165) is 5.69 Å². The van der Waals surface area contributed by atoms with Crippen molar-refractivity contribution in [1.29, 1.82) is 5.26 Å². The van der Waals surface area contributed by atoms with E-state index in [4.69, 9.17) is 5.26 Å². The molecule has 2 aromatic rings. The van der Waals surface area contributed by atoms with Gasteiger partial charge in [-0.2, -0.15) is 10.2 Å². The molecule has 0 aromatic carbocycles. The number of rotatable bonds is 4. The number of hydrogen-bond donors (Lipinski definition) is 2. The molecule has 2 N–H and O–H groups in total. The van der Waals surface area contributed by atoms with Gasteiger partial charge in [-0.3, -0.25) is 5.10 Å². The minimum absolute atomic E-state index is 0.0213. The number of aryl methyl sites for hydroxylation is 1. The fourth-order valence-corrected chi connectivity index (χ4v) is 2.03. The second-order valence-corrected chi connectivity index (χ2v) is 4.47. The van der Waals surface area contributed by atoms with Crippen molar-refractivity contribution in [3.05, 3.63) is 28.1 Å². The zero-order valence-electron chi connectivity index (χ0n) is 10.7. The summed E-state index contributed by atoms with van der Waals surface area (Å²) in [4.78, 5) is 19.3. The van der Waals surface area contributed by atoms with Gasteiger partial charge in [-0.05, 0) is 6.92 Å². The molecular formula is C11H10N6O2S. The Morgan fingerprint density at radius 3 is 3.00 bits per heavy atom. The first-order valence-electron chi connectivity index (χ1n) is 5.44. The van der Waals surface area contributed by atoms with E-state index in [0.29, 0.717) is 10.6 Å². The molecular weight excluding hydrogens is 280 g/mol. The summed E-state index contributed by atoms with van der Waals surface area (Å²) >= 11 is 1.37. The number of aromatic nitrogens is 4. The van der Waals surface area contributed by atoms with Crippen molar-refractivity contribution in [1.82, 2.24) is 20.2 Å².